The van der Waals surface area contributed by atoms with Gasteiger partial charge in [0.05, 0.1) is 23.2 Å². The molecule has 6 nitrogen and oxygen atoms in total. The molecule has 2 aromatic rings. The zero-order chi connectivity index (χ0) is 32.1. The smallest absolute Gasteiger partial charge is 0.337 e. The first-order valence-corrected chi connectivity index (χ1v) is 14.7. The van der Waals surface area contributed by atoms with Gasteiger partial charge in [0.25, 0.3) is 0 Å². The van der Waals surface area contributed by atoms with Gasteiger partial charge in [0.2, 0.25) is 5.91 Å². The van der Waals surface area contributed by atoms with Crippen molar-refractivity contribution in [2.75, 3.05) is 33.2 Å². The molecule has 0 aliphatic carbocycles. The summed E-state index contributed by atoms with van der Waals surface area (Å²) >= 11 is 0. The Kier molecular flexibility index (Phi) is 8.65. The fourth-order valence-electron chi connectivity index (χ4n) is 6.85. The maximum Gasteiger partial charge on any atom is 0.416 e. The molecule has 0 unspecified atom stereocenters. The van der Waals surface area contributed by atoms with E-state index >= 15 is 0 Å². The molecule has 240 valence electrons. The Hall–Kier alpha value is -3.35. The number of piperazine rings is 1. The number of amides is 3. The Morgan fingerprint density at radius 2 is 1.59 bits per heavy atom. The number of likely N-dealkylation sites (tertiary alicyclic amines) is 1. The largest absolute Gasteiger partial charge is 0.416 e. The van der Waals surface area contributed by atoms with Crippen LogP contribution in [0.5, 0.6) is 0 Å². The lowest BCUT2D eigenvalue weighted by Gasteiger charge is -2.48. The highest BCUT2D eigenvalue weighted by atomic mass is 19.4. The van der Waals surface area contributed by atoms with Crippen LogP contribution in [0.3, 0.4) is 0 Å². The van der Waals surface area contributed by atoms with Gasteiger partial charge in [-0.15, -0.1) is 0 Å². The number of carbonyl (C=O) groups excluding carboxylic acids is 2. The van der Waals surface area contributed by atoms with E-state index in [1.165, 1.54) is 26.1 Å². The van der Waals surface area contributed by atoms with E-state index < -0.39 is 47.4 Å². The van der Waals surface area contributed by atoms with Crippen LogP contribution in [-0.4, -0.2) is 76.8 Å². The monoisotopic (exact) mass is 628 g/mol. The van der Waals surface area contributed by atoms with Crippen molar-refractivity contribution < 1.29 is 40.3 Å². The normalized spacial score (nSPS) is 24.0. The van der Waals surface area contributed by atoms with Crippen LogP contribution in [0.2, 0.25) is 0 Å². The molecule has 3 aliphatic rings. The molecule has 0 spiro atoms. The van der Waals surface area contributed by atoms with E-state index in [4.69, 9.17) is 0 Å². The Morgan fingerprint density at radius 3 is 2.20 bits per heavy atom. The average molecular weight is 629 g/mol. The van der Waals surface area contributed by atoms with E-state index in [-0.39, 0.29) is 36.2 Å². The first-order chi connectivity index (χ1) is 20.5. The molecule has 2 aromatic carbocycles. The van der Waals surface area contributed by atoms with E-state index in [9.17, 15) is 40.3 Å². The molecule has 0 radical (unpaired) electrons. The van der Waals surface area contributed by atoms with Gasteiger partial charge in [-0.1, -0.05) is 6.07 Å². The topological polar surface area (TPSA) is 47.1 Å². The number of halogens is 7. The lowest BCUT2D eigenvalue weighted by atomic mass is 9.88. The lowest BCUT2D eigenvalue weighted by molar-refractivity contribution is -0.143. The number of aryl methyl sites for hydroxylation is 1. The molecule has 3 fully saturated rings. The van der Waals surface area contributed by atoms with Gasteiger partial charge in [-0.3, -0.25) is 9.69 Å². The molecule has 3 saturated heterocycles. The van der Waals surface area contributed by atoms with Crippen molar-refractivity contribution in [3.05, 3.63) is 70.0 Å². The lowest BCUT2D eigenvalue weighted by Crippen LogP contribution is -2.57. The SMILES string of the molecule is Cc1cc(F)ccc1[C@H]1C[C@@H](N2CCN3C(=O)CC[C@H]3C2)CCN1C(=O)N(C)[C@@H](C)c1cc(C(F)(F)F)cc(C(F)(F)F)c1. The van der Waals surface area contributed by atoms with Crippen molar-refractivity contribution in [2.45, 2.75) is 76.1 Å². The van der Waals surface area contributed by atoms with Crippen LogP contribution in [-0.2, 0) is 17.1 Å². The number of hydrogen-bond acceptors (Lipinski definition) is 3. The highest BCUT2D eigenvalue weighted by molar-refractivity contribution is 5.79. The predicted octanol–water partition coefficient (Wildman–Crippen LogP) is 6.80. The number of rotatable bonds is 4. The minimum absolute atomic E-state index is 0.0619. The quantitative estimate of drug-likeness (QED) is 0.350. The molecule has 0 bridgehead atoms. The fraction of sp³-hybridized carbons (Fsp3) is 0.548. The molecule has 3 heterocycles. The highest BCUT2D eigenvalue weighted by Crippen LogP contribution is 2.40. The summed E-state index contributed by atoms with van der Waals surface area (Å²) in [5, 5.41) is 0. The summed E-state index contributed by atoms with van der Waals surface area (Å²) in [6, 6.07) is 3.68. The van der Waals surface area contributed by atoms with Crippen LogP contribution in [0.25, 0.3) is 0 Å². The summed E-state index contributed by atoms with van der Waals surface area (Å²) in [6.07, 6.45) is -7.60. The van der Waals surface area contributed by atoms with Gasteiger partial charge in [-0.05, 0) is 80.1 Å². The van der Waals surface area contributed by atoms with Gasteiger partial charge in [0.15, 0.2) is 0 Å². The second kappa shape index (κ2) is 11.9. The predicted molar refractivity (Wildman–Crippen MR) is 148 cm³/mol. The number of alkyl halides is 6. The zero-order valence-electron chi connectivity index (χ0n) is 24.7. The van der Waals surface area contributed by atoms with Crippen molar-refractivity contribution in [2.24, 2.45) is 0 Å². The van der Waals surface area contributed by atoms with Crippen molar-refractivity contribution in [3.63, 3.8) is 0 Å². The van der Waals surface area contributed by atoms with E-state index in [0.717, 1.165) is 16.9 Å². The van der Waals surface area contributed by atoms with Gasteiger partial charge in [0.1, 0.15) is 5.82 Å². The fourth-order valence-corrected chi connectivity index (χ4v) is 6.85. The first-order valence-electron chi connectivity index (χ1n) is 14.7. The van der Waals surface area contributed by atoms with E-state index in [1.807, 2.05) is 4.90 Å². The molecule has 0 N–H and O–H groups in total. The minimum atomic E-state index is -5.01. The Morgan fingerprint density at radius 1 is 0.932 bits per heavy atom. The number of carbonyl (C=O) groups is 2. The summed E-state index contributed by atoms with van der Waals surface area (Å²) < 4.78 is 95.2. The van der Waals surface area contributed by atoms with Crippen LogP contribution in [0.15, 0.2) is 36.4 Å². The number of piperidine rings is 1. The summed E-state index contributed by atoms with van der Waals surface area (Å²) in [5.74, 6) is -0.274. The summed E-state index contributed by atoms with van der Waals surface area (Å²) in [4.78, 5) is 33.2. The van der Waals surface area contributed by atoms with Gasteiger partial charge in [-0.25, -0.2) is 9.18 Å². The second-order valence-electron chi connectivity index (χ2n) is 12.1. The van der Waals surface area contributed by atoms with Crippen molar-refractivity contribution in [3.8, 4) is 0 Å². The maximum atomic E-state index is 14.1. The molecular weight excluding hydrogens is 593 g/mol. The standard InChI is InChI=1S/C31H35F7N4O2/c1-18-12-23(32)4-6-26(18)27-16-24(40-10-11-41-25(17-40)5-7-28(41)43)8-9-42(27)29(44)39(3)19(2)20-13-21(30(33,34)35)15-22(14-20)31(36,37)38/h4,6,12-15,19,24-25,27H,5,7-11,16-17H2,1-3H3/t19-,24-,25-,27+/m0/s1. The molecule has 0 aromatic heterocycles. The zero-order valence-corrected chi connectivity index (χ0v) is 24.7. The van der Waals surface area contributed by atoms with E-state index in [2.05, 4.69) is 4.90 Å². The third-order valence-electron chi connectivity index (χ3n) is 9.43. The van der Waals surface area contributed by atoms with E-state index in [1.54, 1.807) is 17.9 Å². The van der Waals surface area contributed by atoms with Crippen molar-refractivity contribution >= 4 is 11.9 Å². The number of benzene rings is 2. The Labute approximate surface area is 251 Å². The van der Waals surface area contributed by atoms with E-state index in [0.29, 0.717) is 56.6 Å². The third-order valence-corrected chi connectivity index (χ3v) is 9.43. The summed E-state index contributed by atoms with van der Waals surface area (Å²) in [6.45, 7) is 5.43. The molecule has 13 heteroatoms. The maximum absolute atomic E-state index is 14.1. The highest BCUT2D eigenvalue weighted by Gasteiger charge is 2.43. The number of nitrogens with zero attached hydrogens (tertiary/aromatic N) is 4. The second-order valence-corrected chi connectivity index (χ2v) is 12.1. The Bertz CT molecular complexity index is 1380. The average Bonchev–Trinajstić information content (AvgIpc) is 3.34. The molecule has 5 rings (SSSR count). The third kappa shape index (κ3) is 6.38. The van der Waals surface area contributed by atoms with Crippen molar-refractivity contribution in [1.29, 1.82) is 0 Å². The van der Waals surface area contributed by atoms with Crippen LogP contribution >= 0.6 is 0 Å². The number of urea groups is 1. The molecule has 0 saturated carbocycles. The summed E-state index contributed by atoms with van der Waals surface area (Å²) in [7, 11) is 1.36. The molecule has 44 heavy (non-hydrogen) atoms. The number of hydrogen-bond donors (Lipinski definition) is 0. The van der Waals surface area contributed by atoms with Gasteiger partial charge in [0, 0.05) is 51.7 Å². The summed E-state index contributed by atoms with van der Waals surface area (Å²) in [5.41, 5.74) is -1.84. The molecule has 3 aliphatic heterocycles. The Balaban J connectivity index is 1.42. The van der Waals surface area contributed by atoms with Crippen LogP contribution < -0.4 is 0 Å². The molecule has 3 amide bonds. The van der Waals surface area contributed by atoms with Crippen LogP contribution in [0.4, 0.5) is 35.5 Å². The van der Waals surface area contributed by atoms with Crippen molar-refractivity contribution in [1.82, 2.24) is 19.6 Å². The number of fused-ring (bicyclic) bond motifs is 1. The van der Waals surface area contributed by atoms with Gasteiger partial charge in [-0.2, -0.15) is 26.3 Å². The molecular formula is C31H35F7N4O2. The first kappa shape index (κ1) is 32.1. The van der Waals surface area contributed by atoms with Crippen LogP contribution in [0.1, 0.15) is 72.5 Å². The minimum Gasteiger partial charge on any atom is -0.337 e. The van der Waals surface area contributed by atoms with Gasteiger partial charge >= 0.3 is 18.4 Å². The van der Waals surface area contributed by atoms with Gasteiger partial charge < -0.3 is 14.7 Å². The van der Waals surface area contributed by atoms with Crippen LogP contribution in [0, 0.1) is 12.7 Å². The molecule has 4 atom stereocenters.